The van der Waals surface area contributed by atoms with E-state index < -0.39 is 0 Å². The summed E-state index contributed by atoms with van der Waals surface area (Å²) in [4.78, 5) is 18.7. The minimum absolute atomic E-state index is 0.227. The number of nitrogens with zero attached hydrogens (tertiary/aromatic N) is 2. The van der Waals surface area contributed by atoms with Gasteiger partial charge in [0, 0.05) is 37.6 Å². The molecular weight excluding hydrogens is 426 g/mol. The molecule has 2 heterocycles. The Morgan fingerprint density at radius 2 is 1.90 bits per heavy atom. The molecule has 5 nitrogen and oxygen atoms in total. The standard InChI is InChI=1S/C24H31N3O2S2/c1-3-29-23(28)21-19-10-6-7-11-20(19)31-22(21)25-24(30)27-14-12-26(13-15-27)16-18-9-5-4-8-17(18)2/h4-5,8-9H,3,6-7,10-16H2,1-2H3,(H,25,30). The normalized spacial score (nSPS) is 16.6. The lowest BCUT2D eigenvalue weighted by Gasteiger charge is -2.36. The minimum Gasteiger partial charge on any atom is -0.462 e. The van der Waals surface area contributed by atoms with E-state index in [-0.39, 0.29) is 5.97 Å². The predicted molar refractivity (Wildman–Crippen MR) is 131 cm³/mol. The highest BCUT2D eigenvalue weighted by molar-refractivity contribution is 7.80. The molecule has 1 aliphatic heterocycles. The number of carbonyl (C=O) groups excluding carboxylic acids is 1. The van der Waals surface area contributed by atoms with Crippen molar-refractivity contribution in [3.8, 4) is 0 Å². The Bertz CT molecular complexity index is 948. The van der Waals surface area contributed by atoms with Crippen LogP contribution in [0, 0.1) is 6.92 Å². The van der Waals surface area contributed by atoms with Crippen molar-refractivity contribution in [2.45, 2.75) is 46.1 Å². The smallest absolute Gasteiger partial charge is 0.341 e. The SMILES string of the molecule is CCOC(=O)c1c(NC(=S)N2CCN(Cc3ccccc3C)CC2)sc2c1CCCC2. The third-order valence-corrected chi connectivity index (χ3v) is 7.75. The molecule has 0 saturated carbocycles. The lowest BCUT2D eigenvalue weighted by Crippen LogP contribution is -2.49. The molecule has 0 atom stereocenters. The molecule has 166 valence electrons. The molecule has 4 rings (SSSR count). The molecular formula is C24H31N3O2S2. The Morgan fingerprint density at radius 1 is 1.16 bits per heavy atom. The van der Waals surface area contributed by atoms with Crippen molar-refractivity contribution in [1.29, 1.82) is 0 Å². The Morgan fingerprint density at radius 3 is 2.65 bits per heavy atom. The van der Waals surface area contributed by atoms with E-state index in [0.29, 0.717) is 17.3 Å². The van der Waals surface area contributed by atoms with E-state index in [9.17, 15) is 4.79 Å². The summed E-state index contributed by atoms with van der Waals surface area (Å²) in [6.07, 6.45) is 4.30. The van der Waals surface area contributed by atoms with Gasteiger partial charge in [0.15, 0.2) is 5.11 Å². The van der Waals surface area contributed by atoms with E-state index in [2.05, 4.69) is 46.3 Å². The largest absolute Gasteiger partial charge is 0.462 e. The molecule has 0 radical (unpaired) electrons. The van der Waals surface area contributed by atoms with Crippen LogP contribution in [-0.4, -0.2) is 53.7 Å². The zero-order chi connectivity index (χ0) is 21.8. The monoisotopic (exact) mass is 457 g/mol. The van der Waals surface area contributed by atoms with Crippen LogP contribution in [0.4, 0.5) is 5.00 Å². The fraction of sp³-hybridized carbons (Fsp3) is 0.500. The number of fused-ring (bicyclic) bond motifs is 1. The summed E-state index contributed by atoms with van der Waals surface area (Å²) in [5.41, 5.74) is 4.61. The summed E-state index contributed by atoms with van der Waals surface area (Å²) < 4.78 is 5.36. The van der Waals surface area contributed by atoms with Crippen molar-refractivity contribution in [3.63, 3.8) is 0 Å². The fourth-order valence-corrected chi connectivity index (χ4v) is 6.01. The van der Waals surface area contributed by atoms with Crippen molar-refractivity contribution in [3.05, 3.63) is 51.4 Å². The number of ether oxygens (including phenoxy) is 1. The second kappa shape index (κ2) is 10.1. The third-order valence-electron chi connectivity index (χ3n) is 6.19. The summed E-state index contributed by atoms with van der Waals surface area (Å²) >= 11 is 7.42. The highest BCUT2D eigenvalue weighted by atomic mass is 32.1. The number of carbonyl (C=O) groups is 1. The van der Waals surface area contributed by atoms with Gasteiger partial charge >= 0.3 is 5.97 Å². The molecule has 1 saturated heterocycles. The van der Waals surface area contributed by atoms with Gasteiger partial charge in [0.2, 0.25) is 0 Å². The van der Waals surface area contributed by atoms with Crippen LogP contribution in [0.5, 0.6) is 0 Å². The second-order valence-corrected chi connectivity index (χ2v) is 9.75. The first-order chi connectivity index (χ1) is 15.1. The number of rotatable bonds is 5. The van der Waals surface area contributed by atoms with Gasteiger partial charge in [-0.25, -0.2) is 4.79 Å². The Hall–Kier alpha value is -1.96. The Kier molecular flexibility index (Phi) is 7.25. The number of esters is 1. The van der Waals surface area contributed by atoms with Gasteiger partial charge in [-0.1, -0.05) is 24.3 Å². The molecule has 1 aliphatic carbocycles. The van der Waals surface area contributed by atoms with Gasteiger partial charge in [-0.05, 0) is 68.4 Å². The van der Waals surface area contributed by atoms with Crippen LogP contribution in [0.2, 0.25) is 0 Å². The van der Waals surface area contributed by atoms with E-state index >= 15 is 0 Å². The minimum atomic E-state index is -0.227. The maximum absolute atomic E-state index is 12.7. The third kappa shape index (κ3) is 5.10. The number of anilines is 1. The zero-order valence-corrected chi connectivity index (χ0v) is 20.0. The highest BCUT2D eigenvalue weighted by Gasteiger charge is 2.28. The van der Waals surface area contributed by atoms with Crippen LogP contribution in [0.1, 0.15) is 51.7 Å². The molecule has 2 aliphatic rings. The fourth-order valence-electron chi connectivity index (χ4n) is 4.39. The van der Waals surface area contributed by atoms with Crippen LogP contribution in [0.15, 0.2) is 24.3 Å². The lowest BCUT2D eigenvalue weighted by molar-refractivity contribution is 0.0526. The lowest BCUT2D eigenvalue weighted by atomic mass is 9.95. The highest BCUT2D eigenvalue weighted by Crippen LogP contribution is 2.38. The molecule has 2 aromatic rings. The first-order valence-corrected chi connectivity index (χ1v) is 12.4. The van der Waals surface area contributed by atoms with Crippen molar-refractivity contribution < 1.29 is 9.53 Å². The molecule has 0 bridgehead atoms. The topological polar surface area (TPSA) is 44.8 Å². The molecule has 31 heavy (non-hydrogen) atoms. The molecule has 0 amide bonds. The van der Waals surface area contributed by atoms with Crippen LogP contribution < -0.4 is 5.32 Å². The number of thiocarbonyl (C=S) groups is 1. The first kappa shape index (κ1) is 22.2. The number of nitrogens with one attached hydrogen (secondary N) is 1. The van der Waals surface area contributed by atoms with Gasteiger partial charge in [-0.2, -0.15) is 0 Å². The van der Waals surface area contributed by atoms with Crippen LogP contribution >= 0.6 is 23.6 Å². The van der Waals surface area contributed by atoms with E-state index in [4.69, 9.17) is 17.0 Å². The molecule has 1 aromatic carbocycles. The van der Waals surface area contributed by atoms with E-state index in [1.54, 1.807) is 11.3 Å². The molecule has 1 fully saturated rings. The van der Waals surface area contributed by atoms with Gasteiger partial charge in [0.1, 0.15) is 5.00 Å². The van der Waals surface area contributed by atoms with Crippen molar-refractivity contribution >= 4 is 39.6 Å². The Balaban J connectivity index is 1.40. The number of hydrogen-bond donors (Lipinski definition) is 1. The predicted octanol–water partition coefficient (Wildman–Crippen LogP) is 4.63. The van der Waals surface area contributed by atoms with E-state index in [1.165, 1.54) is 28.0 Å². The van der Waals surface area contributed by atoms with Crippen LogP contribution in [0.25, 0.3) is 0 Å². The molecule has 1 aromatic heterocycles. The van der Waals surface area contributed by atoms with Gasteiger partial charge in [0.05, 0.1) is 12.2 Å². The number of thiophene rings is 1. The van der Waals surface area contributed by atoms with E-state index in [0.717, 1.165) is 57.0 Å². The summed E-state index contributed by atoms with van der Waals surface area (Å²) in [5.74, 6) is -0.227. The average Bonchev–Trinajstić information content (AvgIpc) is 3.14. The number of benzene rings is 1. The maximum atomic E-state index is 12.7. The van der Waals surface area contributed by atoms with Crippen molar-refractivity contribution in [2.75, 3.05) is 38.1 Å². The Labute approximate surface area is 194 Å². The first-order valence-electron chi connectivity index (χ1n) is 11.2. The zero-order valence-electron chi connectivity index (χ0n) is 18.4. The molecule has 1 N–H and O–H groups in total. The second-order valence-electron chi connectivity index (χ2n) is 8.26. The number of hydrogen-bond acceptors (Lipinski definition) is 5. The summed E-state index contributed by atoms with van der Waals surface area (Å²) in [7, 11) is 0. The summed E-state index contributed by atoms with van der Waals surface area (Å²) in [6.45, 7) is 9.11. The van der Waals surface area contributed by atoms with Gasteiger partial charge in [-0.3, -0.25) is 4.90 Å². The van der Waals surface area contributed by atoms with E-state index in [1.807, 2.05) is 6.92 Å². The van der Waals surface area contributed by atoms with Crippen molar-refractivity contribution in [2.24, 2.45) is 0 Å². The average molecular weight is 458 g/mol. The number of piperazine rings is 1. The van der Waals surface area contributed by atoms with Crippen molar-refractivity contribution in [1.82, 2.24) is 9.80 Å². The molecule has 0 spiro atoms. The summed E-state index contributed by atoms with van der Waals surface area (Å²) in [6, 6.07) is 8.59. The quantitative estimate of drug-likeness (QED) is 0.522. The van der Waals surface area contributed by atoms with Crippen LogP contribution in [-0.2, 0) is 24.1 Å². The maximum Gasteiger partial charge on any atom is 0.341 e. The van der Waals surface area contributed by atoms with Crippen LogP contribution in [0.3, 0.4) is 0 Å². The van der Waals surface area contributed by atoms with Gasteiger partial charge in [0.25, 0.3) is 0 Å². The molecule has 7 heteroatoms. The number of aryl methyl sites for hydroxylation is 2. The molecule has 0 unspecified atom stereocenters. The van der Waals surface area contributed by atoms with Gasteiger partial charge < -0.3 is 15.0 Å². The summed E-state index contributed by atoms with van der Waals surface area (Å²) in [5, 5.41) is 4.97. The van der Waals surface area contributed by atoms with Gasteiger partial charge in [-0.15, -0.1) is 11.3 Å².